The van der Waals surface area contributed by atoms with Crippen molar-refractivity contribution in [2.75, 3.05) is 0 Å². The van der Waals surface area contributed by atoms with E-state index in [1.807, 2.05) is 0 Å². The number of hydrogen-bond acceptors (Lipinski definition) is 9. The largest absolute Gasteiger partial charge is 0.332 e. The van der Waals surface area contributed by atoms with Crippen LogP contribution < -0.4 is 22.5 Å². The van der Waals surface area contributed by atoms with Crippen LogP contribution in [0.5, 0.6) is 0 Å². The summed E-state index contributed by atoms with van der Waals surface area (Å²) in [5.41, 5.74) is -3.29. The molecule has 0 radical (unpaired) electrons. The van der Waals surface area contributed by atoms with Gasteiger partial charge in [0.1, 0.15) is 24.0 Å². The summed E-state index contributed by atoms with van der Waals surface area (Å²) in [6, 6.07) is 4.09. The van der Waals surface area contributed by atoms with E-state index < -0.39 is 34.3 Å². The maximum Gasteiger partial charge on any atom is 0.332 e. The third kappa shape index (κ3) is 2.95. The third-order valence-electron chi connectivity index (χ3n) is 5.92. The first-order valence-electron chi connectivity index (χ1n) is 10.4. The quantitative estimate of drug-likeness (QED) is 0.270. The van der Waals surface area contributed by atoms with Gasteiger partial charge in [0.25, 0.3) is 22.9 Å². The molecule has 0 atom stereocenters. The molecule has 0 aromatic carbocycles. The number of aryl methyl sites for hydroxylation is 2. The van der Waals surface area contributed by atoms with Gasteiger partial charge in [-0.25, -0.2) is 24.5 Å². The monoisotopic (exact) mass is 491 g/mol. The Morgan fingerprint density at radius 2 is 1.03 bits per heavy atom. The Balaban J connectivity index is 1.63. The van der Waals surface area contributed by atoms with Gasteiger partial charge in [-0.3, -0.25) is 46.6 Å². The first-order valence-corrected chi connectivity index (χ1v) is 10.4. The minimum Gasteiger partial charge on any atom is -0.279 e. The van der Waals surface area contributed by atoms with E-state index in [0.717, 1.165) is 40.1 Å². The summed E-state index contributed by atoms with van der Waals surface area (Å²) in [6.45, 7) is 0. The molecule has 0 amide bonds. The summed E-state index contributed by atoms with van der Waals surface area (Å²) in [7, 11) is 5.38. The average Bonchev–Trinajstić information content (AvgIpc) is 3.53. The topological polar surface area (TPSA) is 171 Å². The van der Waals surface area contributed by atoms with Crippen molar-refractivity contribution in [1.82, 2.24) is 42.4 Å². The highest BCUT2D eigenvalue weighted by Gasteiger charge is 2.23. The van der Waals surface area contributed by atoms with E-state index in [9.17, 15) is 28.8 Å². The number of pyridine rings is 1. The fourth-order valence-corrected chi connectivity index (χ4v) is 3.92. The number of aromatic nitrogens is 9. The van der Waals surface area contributed by atoms with Gasteiger partial charge in [0, 0.05) is 28.2 Å². The molecule has 182 valence electrons. The third-order valence-corrected chi connectivity index (χ3v) is 5.92. The van der Waals surface area contributed by atoms with Gasteiger partial charge in [0.2, 0.25) is 0 Å². The average molecular weight is 491 g/mol. The highest BCUT2D eigenvalue weighted by atomic mass is 16.2. The zero-order valence-electron chi connectivity index (χ0n) is 19.4. The Kier molecular flexibility index (Phi) is 4.80. The first kappa shape index (κ1) is 22.6. The zero-order valence-corrected chi connectivity index (χ0v) is 19.4. The van der Waals surface area contributed by atoms with Crippen molar-refractivity contribution in [3.8, 4) is 0 Å². The Bertz CT molecular complexity index is 1870. The fourth-order valence-electron chi connectivity index (χ4n) is 3.92. The molecule has 0 N–H and O–H groups in total. The van der Waals surface area contributed by atoms with Crippen molar-refractivity contribution in [1.29, 1.82) is 0 Å². The van der Waals surface area contributed by atoms with Crippen LogP contribution in [0.3, 0.4) is 0 Å². The maximum atomic E-state index is 13.2. The van der Waals surface area contributed by atoms with Gasteiger partial charge in [-0.05, 0) is 12.1 Å². The molecule has 15 heteroatoms. The molecule has 5 aromatic heterocycles. The summed E-state index contributed by atoms with van der Waals surface area (Å²) >= 11 is 0. The molecule has 0 saturated heterocycles. The number of fused-ring (bicyclic) bond motifs is 2. The van der Waals surface area contributed by atoms with Gasteiger partial charge < -0.3 is 0 Å². The van der Waals surface area contributed by atoms with Crippen molar-refractivity contribution in [2.24, 2.45) is 28.2 Å². The van der Waals surface area contributed by atoms with Gasteiger partial charge in [0.05, 0.1) is 0 Å². The number of nitrogens with zero attached hydrogens (tertiary/aromatic N) is 9. The standard InChI is InChI=1S/C21H17N9O6/c1-25-14-12(18(33)27(3)20(25)35)29(8-22-14)16(31)10-6-5-7-11(24-10)17(32)30-9-23-15-13(30)19(34)28(4)21(36)26(15)2/h5-9H,1-4H3. The van der Waals surface area contributed by atoms with Crippen molar-refractivity contribution < 1.29 is 9.59 Å². The minimum atomic E-state index is -0.767. The van der Waals surface area contributed by atoms with Gasteiger partial charge >= 0.3 is 11.4 Å². The Labute approximate surface area is 198 Å². The van der Waals surface area contributed by atoms with Crippen LogP contribution in [0.15, 0.2) is 50.0 Å². The number of carbonyl (C=O) groups excluding carboxylic acids is 2. The summed E-state index contributed by atoms with van der Waals surface area (Å²) in [4.78, 5) is 88.3. The van der Waals surface area contributed by atoms with Crippen molar-refractivity contribution in [3.05, 3.63) is 83.9 Å². The zero-order chi connectivity index (χ0) is 26.0. The molecule has 5 heterocycles. The lowest BCUT2D eigenvalue weighted by Gasteiger charge is -2.08. The molecule has 0 saturated carbocycles. The van der Waals surface area contributed by atoms with Crippen LogP contribution in [0, 0.1) is 0 Å². The maximum absolute atomic E-state index is 13.2. The molecular formula is C21H17N9O6. The van der Waals surface area contributed by atoms with Crippen LogP contribution in [0.1, 0.15) is 21.0 Å². The van der Waals surface area contributed by atoms with Gasteiger partial charge in [0.15, 0.2) is 22.3 Å². The SMILES string of the molecule is Cn1c(=O)c2c(ncn2C(=O)c2cccc(C(=O)n3cnc4c3c(=O)n(C)c(=O)n4C)n2)n(C)c1=O. The van der Waals surface area contributed by atoms with Crippen molar-refractivity contribution >= 4 is 34.1 Å². The molecule has 5 rings (SSSR count). The molecule has 15 nitrogen and oxygen atoms in total. The predicted molar refractivity (Wildman–Crippen MR) is 124 cm³/mol. The molecule has 5 aromatic rings. The van der Waals surface area contributed by atoms with Gasteiger partial charge in [-0.15, -0.1) is 0 Å². The first-order chi connectivity index (χ1) is 17.0. The Morgan fingerprint density at radius 3 is 1.42 bits per heavy atom. The van der Waals surface area contributed by atoms with Crippen LogP contribution in [0.4, 0.5) is 0 Å². The predicted octanol–water partition coefficient (Wildman–Crippen LogP) is -2.05. The van der Waals surface area contributed by atoms with E-state index >= 15 is 0 Å². The van der Waals surface area contributed by atoms with Gasteiger partial charge in [-0.2, -0.15) is 0 Å². The molecule has 0 bridgehead atoms. The Hall–Kier alpha value is -5.21. The van der Waals surface area contributed by atoms with Crippen molar-refractivity contribution in [2.45, 2.75) is 0 Å². The summed E-state index contributed by atoms with van der Waals surface area (Å²) in [5.74, 6) is -1.53. The van der Waals surface area contributed by atoms with Crippen LogP contribution in [0.2, 0.25) is 0 Å². The van der Waals surface area contributed by atoms with E-state index in [4.69, 9.17) is 0 Å². The van der Waals surface area contributed by atoms with E-state index in [1.165, 1.54) is 46.4 Å². The molecule has 0 spiro atoms. The summed E-state index contributed by atoms with van der Waals surface area (Å²) in [5, 5.41) is 0. The highest BCUT2D eigenvalue weighted by Crippen LogP contribution is 2.12. The number of rotatable bonds is 2. The smallest absolute Gasteiger partial charge is 0.279 e. The lowest BCUT2D eigenvalue weighted by molar-refractivity contribution is 0.0955. The van der Waals surface area contributed by atoms with E-state index in [0.29, 0.717) is 0 Å². The fraction of sp³-hybridized carbons (Fsp3) is 0.190. The molecule has 36 heavy (non-hydrogen) atoms. The van der Waals surface area contributed by atoms with Crippen LogP contribution in [0.25, 0.3) is 22.3 Å². The molecule has 0 aliphatic rings. The van der Waals surface area contributed by atoms with E-state index in [2.05, 4.69) is 15.0 Å². The molecule has 0 aliphatic heterocycles. The van der Waals surface area contributed by atoms with Crippen LogP contribution in [-0.4, -0.2) is 54.2 Å². The molecule has 0 unspecified atom stereocenters. The minimum absolute atomic E-state index is 0.00928. The Morgan fingerprint density at radius 1 is 0.639 bits per heavy atom. The van der Waals surface area contributed by atoms with Crippen LogP contribution >= 0.6 is 0 Å². The second-order valence-corrected chi connectivity index (χ2v) is 8.00. The number of hydrogen-bond donors (Lipinski definition) is 0. The van der Waals surface area contributed by atoms with Crippen molar-refractivity contribution in [3.63, 3.8) is 0 Å². The number of imidazole rings is 2. The highest BCUT2D eigenvalue weighted by molar-refractivity contribution is 6.02. The summed E-state index contributed by atoms with van der Waals surface area (Å²) in [6.07, 6.45) is 2.19. The second kappa shape index (κ2) is 7.66. The summed E-state index contributed by atoms with van der Waals surface area (Å²) < 4.78 is 5.85. The van der Waals surface area contributed by atoms with E-state index in [-0.39, 0.29) is 33.7 Å². The van der Waals surface area contributed by atoms with E-state index in [1.54, 1.807) is 0 Å². The number of carbonyl (C=O) groups is 2. The molecule has 0 aliphatic carbocycles. The molecular weight excluding hydrogens is 474 g/mol. The second-order valence-electron chi connectivity index (χ2n) is 8.00. The lowest BCUT2D eigenvalue weighted by Crippen LogP contribution is -2.38. The van der Waals surface area contributed by atoms with Gasteiger partial charge in [-0.1, -0.05) is 6.07 Å². The lowest BCUT2D eigenvalue weighted by atomic mass is 10.2. The normalized spacial score (nSPS) is 11.4. The molecule has 0 fully saturated rings. The van der Waals surface area contributed by atoms with Crippen LogP contribution in [-0.2, 0) is 28.2 Å².